The van der Waals surface area contributed by atoms with Crippen LogP contribution in [-0.4, -0.2) is 69.7 Å². The van der Waals surface area contributed by atoms with Crippen LogP contribution in [0.3, 0.4) is 0 Å². The fraction of sp³-hybridized carbons (Fsp3) is 0.429. The van der Waals surface area contributed by atoms with Gasteiger partial charge in [-0.25, -0.2) is 8.42 Å². The third kappa shape index (κ3) is 7.16. The number of rotatable bonds is 10. The van der Waals surface area contributed by atoms with Crippen LogP contribution in [0.1, 0.15) is 49.0 Å². The Kier molecular flexibility index (Phi) is 10.3. The van der Waals surface area contributed by atoms with Crippen molar-refractivity contribution in [1.29, 1.82) is 5.26 Å². The van der Waals surface area contributed by atoms with Gasteiger partial charge in [0.1, 0.15) is 12.1 Å². The van der Waals surface area contributed by atoms with Gasteiger partial charge in [-0.2, -0.15) is 9.57 Å². The topological polar surface area (TPSA) is 155 Å². The van der Waals surface area contributed by atoms with Gasteiger partial charge in [0.15, 0.2) is 17.3 Å². The summed E-state index contributed by atoms with van der Waals surface area (Å²) in [6.07, 6.45) is 0.864. The molecule has 2 amide bonds. The zero-order valence-electron chi connectivity index (χ0n) is 23.0. The number of ether oxygens (including phenoxy) is 2. The molecule has 0 spiro atoms. The number of amides is 2. The van der Waals surface area contributed by atoms with Crippen molar-refractivity contribution in [3.63, 3.8) is 0 Å². The van der Waals surface area contributed by atoms with Gasteiger partial charge in [-0.15, -0.1) is 0 Å². The summed E-state index contributed by atoms with van der Waals surface area (Å²) in [6, 6.07) is 10.5. The molecule has 0 aromatic heterocycles. The van der Waals surface area contributed by atoms with Crippen molar-refractivity contribution in [1.82, 2.24) is 14.9 Å². The molecule has 12 heteroatoms. The first-order valence-electron chi connectivity index (χ1n) is 12.9. The van der Waals surface area contributed by atoms with E-state index in [0.29, 0.717) is 24.3 Å². The Labute approximate surface area is 234 Å². The smallest absolute Gasteiger partial charge is 0.252 e. The van der Waals surface area contributed by atoms with Crippen LogP contribution in [0.2, 0.25) is 0 Å². The van der Waals surface area contributed by atoms with E-state index in [2.05, 4.69) is 10.6 Å². The summed E-state index contributed by atoms with van der Waals surface area (Å²) in [7, 11) is -1.17. The molecule has 0 aliphatic carbocycles. The predicted molar refractivity (Wildman–Crippen MR) is 146 cm³/mol. The van der Waals surface area contributed by atoms with E-state index in [4.69, 9.17) is 9.47 Å². The van der Waals surface area contributed by atoms with Crippen LogP contribution in [0, 0.1) is 17.2 Å². The first-order chi connectivity index (χ1) is 19.0. The molecular weight excluding hydrogens is 536 g/mol. The molecule has 1 fully saturated rings. The monoisotopic (exact) mass is 570 g/mol. The van der Waals surface area contributed by atoms with Crippen LogP contribution in [-0.2, 0) is 19.6 Å². The number of ketones is 1. The Balaban J connectivity index is 1.73. The number of methoxy groups -OCH3 is 2. The summed E-state index contributed by atoms with van der Waals surface area (Å²) in [5, 5.41) is 14.8. The number of carbonyl (C=O) groups is 3. The Morgan fingerprint density at radius 3 is 2.48 bits per heavy atom. The molecule has 1 heterocycles. The largest absolute Gasteiger partial charge is 0.493 e. The van der Waals surface area contributed by atoms with Gasteiger partial charge in [0, 0.05) is 12.1 Å². The first kappa shape index (κ1) is 30.6. The van der Waals surface area contributed by atoms with Gasteiger partial charge < -0.3 is 20.1 Å². The summed E-state index contributed by atoms with van der Waals surface area (Å²) in [6.45, 7) is 3.43. The number of carbonyl (C=O) groups excluding carboxylic acids is 3. The van der Waals surface area contributed by atoms with Gasteiger partial charge in [-0.3, -0.25) is 14.4 Å². The highest BCUT2D eigenvalue weighted by Gasteiger charge is 2.35. The van der Waals surface area contributed by atoms with E-state index in [1.54, 1.807) is 18.2 Å². The number of Topliss-reactive ketones (excluding diaryl/α,β-unsaturated/α-hetero) is 1. The molecule has 40 heavy (non-hydrogen) atoms. The average Bonchev–Trinajstić information content (AvgIpc) is 3.13. The normalized spacial score (nSPS) is 16.9. The van der Waals surface area contributed by atoms with Crippen LogP contribution in [0.5, 0.6) is 11.5 Å². The molecule has 1 aliphatic heterocycles. The summed E-state index contributed by atoms with van der Waals surface area (Å²) >= 11 is 0. The summed E-state index contributed by atoms with van der Waals surface area (Å²) in [4.78, 5) is 39.2. The maximum Gasteiger partial charge on any atom is 0.252 e. The van der Waals surface area contributed by atoms with Crippen molar-refractivity contribution in [2.45, 2.75) is 50.1 Å². The Hall–Kier alpha value is -3.95. The van der Waals surface area contributed by atoms with Crippen LogP contribution >= 0.6 is 0 Å². The summed E-state index contributed by atoms with van der Waals surface area (Å²) in [5.41, 5.74) is 0.258. The molecule has 2 aromatic rings. The molecular formula is C28H34N4O7S. The van der Waals surface area contributed by atoms with E-state index in [-0.39, 0.29) is 34.9 Å². The standard InChI is InChI=1S/C28H34N4O7S/c1-18(2)14-22(31-27(34)19-11-12-24(38-3)25(15-19)39-4)28(35)30-21-9-7-13-32(17-23(21)33)40(36,37)26-10-6-5-8-20(26)16-29/h5-6,8,10-12,15,18,21-22H,7,9,13-14,17H2,1-4H3,(H,30,35)(H,31,34)/t21?,22-/m0/s1. The highest BCUT2D eigenvalue weighted by atomic mass is 32.2. The van der Waals surface area contributed by atoms with Gasteiger partial charge in [0.2, 0.25) is 15.9 Å². The van der Waals surface area contributed by atoms with E-state index in [9.17, 15) is 28.1 Å². The molecule has 214 valence electrons. The van der Waals surface area contributed by atoms with Crippen LogP contribution < -0.4 is 20.1 Å². The number of benzene rings is 2. The molecule has 2 N–H and O–H groups in total. The highest BCUT2D eigenvalue weighted by Crippen LogP contribution is 2.28. The van der Waals surface area contributed by atoms with Gasteiger partial charge in [-0.1, -0.05) is 26.0 Å². The van der Waals surface area contributed by atoms with Crippen molar-refractivity contribution in [2.24, 2.45) is 5.92 Å². The minimum absolute atomic E-state index is 0.00852. The van der Waals surface area contributed by atoms with E-state index in [0.717, 1.165) is 4.31 Å². The first-order valence-corrected chi connectivity index (χ1v) is 14.3. The third-order valence-corrected chi connectivity index (χ3v) is 8.44. The zero-order valence-corrected chi connectivity index (χ0v) is 23.8. The zero-order chi connectivity index (χ0) is 29.4. The molecule has 11 nitrogen and oxygen atoms in total. The van der Waals surface area contributed by atoms with Crippen molar-refractivity contribution in [2.75, 3.05) is 27.3 Å². The molecule has 3 rings (SSSR count). The van der Waals surface area contributed by atoms with Crippen LogP contribution in [0.15, 0.2) is 47.4 Å². The fourth-order valence-corrected chi connectivity index (χ4v) is 6.06. The predicted octanol–water partition coefficient (Wildman–Crippen LogP) is 2.26. The molecule has 1 saturated heterocycles. The summed E-state index contributed by atoms with van der Waals surface area (Å²) in [5.74, 6) is -0.643. The van der Waals surface area contributed by atoms with Crippen LogP contribution in [0.4, 0.5) is 0 Å². The molecule has 2 aromatic carbocycles. The fourth-order valence-electron chi connectivity index (χ4n) is 4.47. The number of hydrogen-bond acceptors (Lipinski definition) is 8. The lowest BCUT2D eigenvalue weighted by atomic mass is 10.0. The maximum atomic E-state index is 13.3. The number of sulfonamides is 1. The lowest BCUT2D eigenvalue weighted by Gasteiger charge is -2.24. The average molecular weight is 571 g/mol. The Bertz CT molecular complexity index is 1400. The van der Waals surface area contributed by atoms with Crippen molar-refractivity contribution >= 4 is 27.6 Å². The quantitative estimate of drug-likeness (QED) is 0.441. The molecule has 0 saturated carbocycles. The van der Waals surface area contributed by atoms with Gasteiger partial charge in [-0.05, 0) is 55.5 Å². The SMILES string of the molecule is COc1ccc(C(=O)N[C@@H](CC(C)C)C(=O)NC2CCCN(S(=O)(=O)c3ccccc3C#N)CC2=O)cc1OC. The van der Waals surface area contributed by atoms with Gasteiger partial charge in [0.25, 0.3) is 5.91 Å². The number of nitrogens with one attached hydrogen (secondary N) is 2. The highest BCUT2D eigenvalue weighted by molar-refractivity contribution is 7.89. The van der Waals surface area contributed by atoms with E-state index in [1.807, 2.05) is 19.9 Å². The van der Waals surface area contributed by atoms with Crippen molar-refractivity contribution in [3.05, 3.63) is 53.6 Å². The van der Waals surface area contributed by atoms with E-state index in [1.165, 1.54) is 38.5 Å². The lowest BCUT2D eigenvalue weighted by Crippen LogP contribution is -2.52. The molecule has 0 radical (unpaired) electrons. The number of nitriles is 1. The van der Waals surface area contributed by atoms with Gasteiger partial charge in [0.05, 0.1) is 37.3 Å². The second-order valence-electron chi connectivity index (χ2n) is 9.84. The minimum atomic E-state index is -4.10. The van der Waals surface area contributed by atoms with Crippen molar-refractivity contribution in [3.8, 4) is 17.6 Å². The molecule has 2 atom stereocenters. The summed E-state index contributed by atoms with van der Waals surface area (Å²) < 4.78 is 38.0. The minimum Gasteiger partial charge on any atom is -0.493 e. The maximum absolute atomic E-state index is 13.3. The van der Waals surface area contributed by atoms with Gasteiger partial charge >= 0.3 is 0 Å². The third-order valence-electron chi connectivity index (χ3n) is 6.54. The lowest BCUT2D eigenvalue weighted by molar-refractivity contribution is -0.129. The Morgan fingerprint density at radius 1 is 1.12 bits per heavy atom. The molecule has 1 unspecified atom stereocenters. The number of nitrogens with zero attached hydrogens (tertiary/aromatic N) is 2. The van der Waals surface area contributed by atoms with E-state index < -0.39 is 46.2 Å². The van der Waals surface area contributed by atoms with Crippen LogP contribution in [0.25, 0.3) is 0 Å². The second-order valence-corrected chi connectivity index (χ2v) is 11.7. The second kappa shape index (κ2) is 13.4. The number of hydrogen-bond donors (Lipinski definition) is 2. The van der Waals surface area contributed by atoms with Crippen molar-refractivity contribution < 1.29 is 32.3 Å². The molecule has 0 bridgehead atoms. The van der Waals surface area contributed by atoms with E-state index >= 15 is 0 Å². The Morgan fingerprint density at radius 2 is 1.82 bits per heavy atom. The molecule has 1 aliphatic rings.